The third-order valence-corrected chi connectivity index (χ3v) is 6.16. The van der Waals surface area contributed by atoms with E-state index in [2.05, 4.69) is 0 Å². The van der Waals surface area contributed by atoms with Gasteiger partial charge in [-0.05, 0) is 37.5 Å². The number of halogens is 3. The fraction of sp³-hybridized carbons (Fsp3) is 0.474. The highest BCUT2D eigenvalue weighted by Gasteiger charge is 2.63. The summed E-state index contributed by atoms with van der Waals surface area (Å²) in [5, 5.41) is 8.94. The summed E-state index contributed by atoms with van der Waals surface area (Å²) in [6, 6.07) is 1.97. The van der Waals surface area contributed by atoms with Crippen molar-refractivity contribution in [2.24, 2.45) is 5.92 Å². The summed E-state index contributed by atoms with van der Waals surface area (Å²) in [6.45, 7) is 0.352. The fourth-order valence-corrected chi connectivity index (χ4v) is 4.72. The van der Waals surface area contributed by atoms with E-state index in [-0.39, 0.29) is 23.6 Å². The number of imide groups is 1. The van der Waals surface area contributed by atoms with Crippen molar-refractivity contribution >= 4 is 23.5 Å². The molecule has 0 spiro atoms. The lowest BCUT2D eigenvalue weighted by Crippen LogP contribution is -2.55. The van der Waals surface area contributed by atoms with Gasteiger partial charge in [-0.2, -0.15) is 18.4 Å². The summed E-state index contributed by atoms with van der Waals surface area (Å²) in [7, 11) is 0. The van der Waals surface area contributed by atoms with Gasteiger partial charge in [0.05, 0.1) is 35.0 Å². The average Bonchev–Trinajstić information content (AvgIpc) is 3.27. The Labute approximate surface area is 163 Å². The molecule has 2 bridgehead atoms. The van der Waals surface area contributed by atoms with Gasteiger partial charge >= 0.3 is 12.2 Å². The second kappa shape index (κ2) is 5.72. The predicted octanol–water partition coefficient (Wildman–Crippen LogP) is 2.11. The van der Waals surface area contributed by atoms with Crippen LogP contribution in [0.2, 0.25) is 0 Å². The zero-order chi connectivity index (χ0) is 20.7. The van der Waals surface area contributed by atoms with Gasteiger partial charge in [-0.25, -0.2) is 9.69 Å². The van der Waals surface area contributed by atoms with Gasteiger partial charge in [0.25, 0.3) is 5.91 Å². The van der Waals surface area contributed by atoms with E-state index in [0.717, 1.165) is 23.8 Å². The Kier molecular flexibility index (Phi) is 3.54. The molecule has 1 aliphatic carbocycles. The predicted molar refractivity (Wildman–Crippen MR) is 91.3 cm³/mol. The first-order chi connectivity index (χ1) is 13.7. The quantitative estimate of drug-likeness (QED) is 0.707. The maximum atomic E-state index is 13.3. The van der Waals surface area contributed by atoms with Crippen molar-refractivity contribution in [3.63, 3.8) is 0 Å². The largest absolute Gasteiger partial charge is 0.417 e. The van der Waals surface area contributed by atoms with Crippen LogP contribution in [-0.2, 0) is 15.8 Å². The number of nitriles is 1. The molecule has 1 unspecified atom stereocenters. The summed E-state index contributed by atoms with van der Waals surface area (Å²) in [5.41, 5.74) is -2.00. The highest BCUT2D eigenvalue weighted by atomic mass is 19.4. The van der Waals surface area contributed by atoms with E-state index in [1.807, 2.05) is 0 Å². The smallest absolute Gasteiger partial charge is 0.335 e. The van der Waals surface area contributed by atoms with E-state index in [1.165, 1.54) is 17.0 Å². The third kappa shape index (κ3) is 2.46. The van der Waals surface area contributed by atoms with Gasteiger partial charge in [0.15, 0.2) is 0 Å². The topological polar surface area (TPSA) is 84.7 Å². The lowest BCUT2D eigenvalue weighted by molar-refractivity contribution is -0.138. The molecule has 1 aromatic carbocycles. The van der Waals surface area contributed by atoms with Crippen LogP contribution in [0.25, 0.3) is 0 Å². The first kappa shape index (κ1) is 18.0. The third-order valence-electron chi connectivity index (χ3n) is 6.16. The van der Waals surface area contributed by atoms with Crippen LogP contribution in [0.5, 0.6) is 0 Å². The number of carbonyl (C=O) groups excluding carboxylic acids is 3. The number of carbonyl (C=O) groups is 3. The summed E-state index contributed by atoms with van der Waals surface area (Å²) in [5.74, 6) is -0.652. The van der Waals surface area contributed by atoms with Crippen molar-refractivity contribution in [3.05, 3.63) is 29.3 Å². The number of benzene rings is 1. The van der Waals surface area contributed by atoms with E-state index in [9.17, 15) is 27.6 Å². The number of hydrogen-bond donors (Lipinski definition) is 0. The molecule has 3 aliphatic heterocycles. The van der Waals surface area contributed by atoms with Crippen LogP contribution in [0.3, 0.4) is 0 Å². The molecule has 150 valence electrons. The molecule has 7 nitrogen and oxygen atoms in total. The standard InChI is InChI=1S/C19H15F3N4O3/c20-19(21,22)13-5-11(4-3-10(13)7-23)26-17(28)15-14-6-12(25(15)18(26)29)8-24(14)16(27)9-1-2-9/h3-5,9,12,14-15H,1-2,6,8H2/t12-,14?,15-/m1/s1. The minimum absolute atomic E-state index is 0.00594. The van der Waals surface area contributed by atoms with Gasteiger partial charge in [0.1, 0.15) is 6.04 Å². The van der Waals surface area contributed by atoms with Crippen molar-refractivity contribution in [1.82, 2.24) is 9.80 Å². The molecule has 3 heterocycles. The van der Waals surface area contributed by atoms with Crippen molar-refractivity contribution in [2.45, 2.75) is 43.6 Å². The molecule has 1 saturated carbocycles. The van der Waals surface area contributed by atoms with E-state index < -0.39 is 41.3 Å². The van der Waals surface area contributed by atoms with Gasteiger partial charge < -0.3 is 9.80 Å². The molecule has 29 heavy (non-hydrogen) atoms. The zero-order valence-corrected chi connectivity index (χ0v) is 15.0. The van der Waals surface area contributed by atoms with Crippen LogP contribution >= 0.6 is 0 Å². The van der Waals surface area contributed by atoms with Crippen LogP contribution in [0.4, 0.5) is 23.7 Å². The first-order valence-corrected chi connectivity index (χ1v) is 9.30. The molecule has 0 aromatic heterocycles. The number of nitrogens with zero attached hydrogens (tertiary/aromatic N) is 4. The SMILES string of the molecule is N#Cc1ccc(N2C(=O)[C@H]3C4C[C@H](CN4C(=O)C4CC4)N3C2=O)cc1C(F)(F)F. The summed E-state index contributed by atoms with van der Waals surface area (Å²) in [6.07, 6.45) is -2.64. The number of amides is 4. The lowest BCUT2D eigenvalue weighted by atomic mass is 10.1. The van der Waals surface area contributed by atoms with Gasteiger partial charge in [0.2, 0.25) is 5.91 Å². The number of likely N-dealkylation sites (tertiary alicyclic amines) is 1. The number of rotatable bonds is 2. The fourth-order valence-electron chi connectivity index (χ4n) is 4.72. The Hall–Kier alpha value is -3.09. The number of urea groups is 1. The summed E-state index contributed by atoms with van der Waals surface area (Å²) >= 11 is 0. The number of anilines is 1. The minimum atomic E-state index is -4.80. The van der Waals surface area contributed by atoms with Crippen molar-refractivity contribution in [2.75, 3.05) is 11.4 Å². The number of fused-ring (bicyclic) bond motifs is 5. The first-order valence-electron chi connectivity index (χ1n) is 9.30. The second-order valence-corrected chi connectivity index (χ2v) is 7.87. The Morgan fingerprint density at radius 3 is 2.55 bits per heavy atom. The molecule has 4 amide bonds. The molecular formula is C19H15F3N4O3. The van der Waals surface area contributed by atoms with Crippen LogP contribution in [-0.4, -0.2) is 52.3 Å². The van der Waals surface area contributed by atoms with Crippen molar-refractivity contribution < 1.29 is 27.6 Å². The van der Waals surface area contributed by atoms with E-state index >= 15 is 0 Å². The zero-order valence-electron chi connectivity index (χ0n) is 15.0. The van der Waals surface area contributed by atoms with Gasteiger partial charge in [-0.15, -0.1) is 0 Å². The van der Waals surface area contributed by atoms with Crippen molar-refractivity contribution in [3.8, 4) is 6.07 Å². The maximum absolute atomic E-state index is 13.3. The molecule has 1 aromatic rings. The Balaban J connectivity index is 1.49. The average molecular weight is 404 g/mol. The van der Waals surface area contributed by atoms with Gasteiger partial charge in [-0.1, -0.05) is 0 Å². The Bertz CT molecular complexity index is 997. The molecular weight excluding hydrogens is 389 g/mol. The molecule has 0 radical (unpaired) electrons. The number of hydrogen-bond acceptors (Lipinski definition) is 4. The van der Waals surface area contributed by atoms with E-state index in [1.54, 1.807) is 4.90 Å². The molecule has 5 rings (SSSR count). The van der Waals surface area contributed by atoms with E-state index in [0.29, 0.717) is 19.0 Å². The van der Waals surface area contributed by atoms with Crippen LogP contribution in [0, 0.1) is 17.2 Å². The molecule has 3 atom stereocenters. The molecule has 10 heteroatoms. The number of piperazine rings is 1. The van der Waals surface area contributed by atoms with Crippen LogP contribution in [0.15, 0.2) is 18.2 Å². The summed E-state index contributed by atoms with van der Waals surface area (Å²) in [4.78, 5) is 42.2. The monoisotopic (exact) mass is 404 g/mol. The maximum Gasteiger partial charge on any atom is 0.417 e. The normalized spacial score (nSPS) is 28.2. The highest BCUT2D eigenvalue weighted by molar-refractivity contribution is 6.22. The molecule has 3 saturated heterocycles. The molecule has 4 fully saturated rings. The molecule has 4 aliphatic rings. The minimum Gasteiger partial charge on any atom is -0.335 e. The Morgan fingerprint density at radius 2 is 1.93 bits per heavy atom. The van der Waals surface area contributed by atoms with Gasteiger partial charge in [-0.3, -0.25) is 9.59 Å². The lowest BCUT2D eigenvalue weighted by Gasteiger charge is -2.35. The van der Waals surface area contributed by atoms with Crippen molar-refractivity contribution in [1.29, 1.82) is 5.26 Å². The second-order valence-electron chi connectivity index (χ2n) is 7.87. The van der Waals surface area contributed by atoms with Crippen LogP contribution < -0.4 is 4.90 Å². The summed E-state index contributed by atoms with van der Waals surface area (Å²) < 4.78 is 39.9. The van der Waals surface area contributed by atoms with Crippen LogP contribution in [0.1, 0.15) is 30.4 Å². The number of alkyl halides is 3. The molecule has 0 N–H and O–H groups in total. The van der Waals surface area contributed by atoms with Gasteiger partial charge in [0, 0.05) is 12.5 Å². The van der Waals surface area contributed by atoms with E-state index in [4.69, 9.17) is 5.26 Å². The highest BCUT2D eigenvalue weighted by Crippen LogP contribution is 2.45. The Morgan fingerprint density at radius 1 is 1.21 bits per heavy atom.